The number of methoxy groups -OCH3 is 1. The summed E-state index contributed by atoms with van der Waals surface area (Å²) in [6.07, 6.45) is 0. The highest BCUT2D eigenvalue weighted by Crippen LogP contribution is 2.13. The number of guanidine groups is 1. The number of aliphatic imine (C=N–C) groups is 1. The maximum Gasteiger partial charge on any atom is 0.224 e. The van der Waals surface area contributed by atoms with Crippen LogP contribution in [0.3, 0.4) is 0 Å². The lowest BCUT2D eigenvalue weighted by molar-refractivity contribution is -0.125. The molecule has 23 heavy (non-hydrogen) atoms. The highest BCUT2D eigenvalue weighted by Gasteiger charge is 2.24. The van der Waals surface area contributed by atoms with E-state index in [0.29, 0.717) is 19.0 Å². The lowest BCUT2D eigenvalue weighted by Gasteiger charge is -2.22. The molecule has 0 unspecified atom stereocenters. The van der Waals surface area contributed by atoms with Crippen molar-refractivity contribution >= 4 is 35.8 Å². The Morgan fingerprint density at radius 3 is 2.35 bits per heavy atom. The highest BCUT2D eigenvalue weighted by atomic mass is 127. The van der Waals surface area contributed by atoms with E-state index in [1.165, 1.54) is 0 Å². The zero-order valence-electron chi connectivity index (χ0n) is 14.2. The van der Waals surface area contributed by atoms with Crippen molar-refractivity contribution in [2.75, 3.05) is 20.2 Å². The van der Waals surface area contributed by atoms with Crippen LogP contribution in [0.5, 0.6) is 5.75 Å². The summed E-state index contributed by atoms with van der Waals surface area (Å²) in [6.45, 7) is 7.30. The van der Waals surface area contributed by atoms with Crippen molar-refractivity contribution in [1.29, 1.82) is 0 Å². The first kappa shape index (κ1) is 21.5. The summed E-state index contributed by atoms with van der Waals surface area (Å²) in [5.74, 6) is 1.14. The fourth-order valence-corrected chi connectivity index (χ4v) is 1.63. The van der Waals surface area contributed by atoms with Crippen molar-refractivity contribution in [2.24, 2.45) is 16.1 Å². The average molecular weight is 434 g/mol. The molecule has 0 atom stereocenters. The molecule has 6 nitrogen and oxygen atoms in total. The van der Waals surface area contributed by atoms with Crippen LogP contribution in [0.15, 0.2) is 29.3 Å². The van der Waals surface area contributed by atoms with Gasteiger partial charge in [0.2, 0.25) is 5.91 Å². The standard InChI is InChI=1S/C16H26N4O2.HI/c1-5-18-15(20-11-16(2,3)14(17)21)19-10-12-6-8-13(22-4)9-7-12;/h6-9H,5,10-11H2,1-4H3,(H2,17,21)(H2,18,19,20);1H. The molecule has 0 aromatic heterocycles. The van der Waals surface area contributed by atoms with Crippen molar-refractivity contribution in [3.8, 4) is 5.75 Å². The predicted molar refractivity (Wildman–Crippen MR) is 104 cm³/mol. The molecule has 0 fully saturated rings. The fourth-order valence-electron chi connectivity index (χ4n) is 1.63. The number of nitrogens with two attached hydrogens (primary N) is 1. The molecule has 7 heteroatoms. The van der Waals surface area contributed by atoms with Gasteiger partial charge in [0.25, 0.3) is 0 Å². The summed E-state index contributed by atoms with van der Waals surface area (Å²) in [6, 6.07) is 7.75. The third-order valence-electron chi connectivity index (χ3n) is 3.29. The Morgan fingerprint density at radius 2 is 1.87 bits per heavy atom. The second-order valence-corrected chi connectivity index (χ2v) is 5.64. The average Bonchev–Trinajstić information content (AvgIpc) is 2.50. The van der Waals surface area contributed by atoms with E-state index in [4.69, 9.17) is 10.5 Å². The Bertz CT molecular complexity index is 515. The van der Waals surface area contributed by atoms with Crippen molar-refractivity contribution in [3.05, 3.63) is 29.8 Å². The van der Waals surface area contributed by atoms with Gasteiger partial charge < -0.3 is 21.1 Å². The highest BCUT2D eigenvalue weighted by molar-refractivity contribution is 14.0. The maximum absolute atomic E-state index is 11.3. The Morgan fingerprint density at radius 1 is 1.26 bits per heavy atom. The molecule has 0 spiro atoms. The number of nitrogens with one attached hydrogen (secondary N) is 2. The van der Waals surface area contributed by atoms with Gasteiger partial charge in [0.1, 0.15) is 5.75 Å². The topological polar surface area (TPSA) is 88.7 Å². The summed E-state index contributed by atoms with van der Waals surface area (Å²) in [5, 5.41) is 6.30. The fraction of sp³-hybridized carbons (Fsp3) is 0.500. The van der Waals surface area contributed by atoms with Gasteiger partial charge in [-0.25, -0.2) is 4.99 Å². The van der Waals surface area contributed by atoms with Crippen molar-refractivity contribution in [3.63, 3.8) is 0 Å². The largest absolute Gasteiger partial charge is 0.497 e. The van der Waals surface area contributed by atoms with Gasteiger partial charge in [-0.3, -0.25) is 4.79 Å². The summed E-state index contributed by atoms with van der Waals surface area (Å²) in [7, 11) is 1.64. The number of primary amides is 1. The molecular weight excluding hydrogens is 407 g/mol. The van der Waals surface area contributed by atoms with Gasteiger partial charge >= 0.3 is 0 Å². The van der Waals surface area contributed by atoms with Crippen LogP contribution in [0.2, 0.25) is 0 Å². The zero-order valence-corrected chi connectivity index (χ0v) is 16.5. The van der Waals surface area contributed by atoms with Crippen LogP contribution < -0.4 is 21.1 Å². The number of carbonyl (C=O) groups excluding carboxylic acids is 1. The molecule has 0 aliphatic carbocycles. The maximum atomic E-state index is 11.3. The van der Waals surface area contributed by atoms with E-state index >= 15 is 0 Å². The molecular formula is C16H27IN4O2. The number of nitrogens with zero attached hydrogens (tertiary/aromatic N) is 1. The third kappa shape index (κ3) is 7.54. The Hall–Kier alpha value is -1.51. The van der Waals surface area contributed by atoms with Gasteiger partial charge in [0, 0.05) is 13.1 Å². The van der Waals surface area contributed by atoms with Gasteiger partial charge in [-0.2, -0.15) is 0 Å². The monoisotopic (exact) mass is 434 g/mol. The molecule has 0 bridgehead atoms. The van der Waals surface area contributed by atoms with Crippen LogP contribution in [-0.2, 0) is 11.3 Å². The quantitative estimate of drug-likeness (QED) is 0.348. The van der Waals surface area contributed by atoms with E-state index < -0.39 is 5.41 Å². The van der Waals surface area contributed by atoms with Gasteiger partial charge in [-0.05, 0) is 38.5 Å². The number of amides is 1. The number of hydrogen-bond donors (Lipinski definition) is 3. The lowest BCUT2D eigenvalue weighted by Crippen LogP contribution is -2.46. The molecule has 0 saturated carbocycles. The molecule has 1 rings (SSSR count). The van der Waals surface area contributed by atoms with Crippen LogP contribution >= 0.6 is 24.0 Å². The Labute approximate surface area is 155 Å². The second kappa shape index (κ2) is 10.3. The smallest absolute Gasteiger partial charge is 0.224 e. The van der Waals surface area contributed by atoms with Crippen molar-refractivity contribution in [1.82, 2.24) is 10.6 Å². The van der Waals surface area contributed by atoms with Crippen LogP contribution in [0.4, 0.5) is 0 Å². The summed E-state index contributed by atoms with van der Waals surface area (Å²) in [4.78, 5) is 15.8. The Kier molecular flexibility index (Phi) is 9.62. The molecule has 0 heterocycles. The predicted octanol–water partition coefficient (Wildman–Crippen LogP) is 1.88. The van der Waals surface area contributed by atoms with Crippen LogP contribution in [0, 0.1) is 5.41 Å². The molecule has 130 valence electrons. The van der Waals surface area contributed by atoms with Crippen LogP contribution in [0.25, 0.3) is 0 Å². The molecule has 0 saturated heterocycles. The Balaban J connectivity index is 0.00000484. The summed E-state index contributed by atoms with van der Waals surface area (Å²) >= 11 is 0. The van der Waals surface area contributed by atoms with Gasteiger partial charge in [-0.15, -0.1) is 24.0 Å². The first-order valence-electron chi connectivity index (χ1n) is 7.34. The summed E-state index contributed by atoms with van der Waals surface area (Å²) in [5.41, 5.74) is 5.82. The molecule has 4 N–H and O–H groups in total. The molecule has 0 aliphatic heterocycles. The minimum absolute atomic E-state index is 0. The van der Waals surface area contributed by atoms with E-state index in [9.17, 15) is 4.79 Å². The van der Waals surface area contributed by atoms with E-state index in [2.05, 4.69) is 15.6 Å². The zero-order chi connectivity index (χ0) is 16.6. The van der Waals surface area contributed by atoms with Crippen LogP contribution in [-0.4, -0.2) is 32.1 Å². The van der Waals surface area contributed by atoms with Gasteiger partial charge in [-0.1, -0.05) is 12.1 Å². The van der Waals surface area contributed by atoms with E-state index in [-0.39, 0.29) is 29.9 Å². The van der Waals surface area contributed by atoms with Gasteiger partial charge in [0.05, 0.1) is 19.1 Å². The van der Waals surface area contributed by atoms with Crippen molar-refractivity contribution < 1.29 is 9.53 Å². The SMILES string of the molecule is CCNC(=NCc1ccc(OC)cc1)NCC(C)(C)C(N)=O.I. The normalized spacial score (nSPS) is 11.4. The number of rotatable bonds is 7. The van der Waals surface area contributed by atoms with E-state index in [0.717, 1.165) is 17.9 Å². The lowest BCUT2D eigenvalue weighted by atomic mass is 9.93. The molecule has 1 aromatic rings. The number of benzene rings is 1. The van der Waals surface area contributed by atoms with Crippen molar-refractivity contribution in [2.45, 2.75) is 27.3 Å². The molecule has 1 amide bonds. The van der Waals surface area contributed by atoms with E-state index in [1.807, 2.05) is 31.2 Å². The summed E-state index contributed by atoms with van der Waals surface area (Å²) < 4.78 is 5.13. The minimum Gasteiger partial charge on any atom is -0.497 e. The molecule has 1 aromatic carbocycles. The third-order valence-corrected chi connectivity index (χ3v) is 3.29. The van der Waals surface area contributed by atoms with Gasteiger partial charge in [0.15, 0.2) is 5.96 Å². The molecule has 0 aliphatic rings. The minimum atomic E-state index is -0.629. The number of hydrogen-bond acceptors (Lipinski definition) is 3. The number of halogens is 1. The number of carbonyl (C=O) groups is 1. The first-order chi connectivity index (χ1) is 10.4. The first-order valence-corrected chi connectivity index (χ1v) is 7.34. The van der Waals surface area contributed by atoms with E-state index in [1.54, 1.807) is 21.0 Å². The molecule has 0 radical (unpaired) electrons. The van der Waals surface area contributed by atoms with Crippen LogP contribution in [0.1, 0.15) is 26.3 Å². The number of ether oxygens (including phenoxy) is 1. The second-order valence-electron chi connectivity index (χ2n) is 5.64.